The normalized spacial score (nSPS) is 12.7. The summed E-state index contributed by atoms with van der Waals surface area (Å²) in [5.41, 5.74) is 6.69. The molecule has 0 saturated heterocycles. The van der Waals surface area contributed by atoms with Gasteiger partial charge in [-0.2, -0.15) is 0 Å². The second-order valence-electron chi connectivity index (χ2n) is 6.07. The van der Waals surface area contributed by atoms with E-state index < -0.39 is 0 Å². The number of nitrogens with two attached hydrogens (primary N) is 1. The summed E-state index contributed by atoms with van der Waals surface area (Å²) in [6, 6.07) is 11.2. The molecule has 0 fully saturated rings. The number of nitrogens with one attached hydrogen (secondary N) is 1. The highest BCUT2D eigenvalue weighted by atomic mass is 35.5. The molecule has 0 spiro atoms. The molecule has 2 amide bonds. The van der Waals surface area contributed by atoms with Crippen LogP contribution in [0.2, 0.25) is 0 Å². The maximum Gasteiger partial charge on any atom is 0.261 e. The van der Waals surface area contributed by atoms with Crippen molar-refractivity contribution in [3.8, 4) is 0 Å². The number of halogens is 2. The Morgan fingerprint density at radius 1 is 0.846 bits per heavy atom. The predicted molar refractivity (Wildman–Crippen MR) is 110 cm³/mol. The Morgan fingerprint density at radius 3 is 2.04 bits per heavy atom. The van der Waals surface area contributed by atoms with Crippen molar-refractivity contribution in [2.24, 2.45) is 5.73 Å². The minimum absolute atomic E-state index is 0. The van der Waals surface area contributed by atoms with E-state index in [-0.39, 0.29) is 36.6 Å². The van der Waals surface area contributed by atoms with Crippen molar-refractivity contribution < 1.29 is 9.59 Å². The van der Waals surface area contributed by atoms with Crippen LogP contribution in [-0.4, -0.2) is 42.9 Å². The lowest BCUT2D eigenvalue weighted by molar-refractivity contribution is 0.0608. The van der Waals surface area contributed by atoms with Crippen LogP contribution in [0.5, 0.6) is 0 Å². The Kier molecular flexibility index (Phi) is 9.02. The van der Waals surface area contributed by atoms with Gasteiger partial charge in [-0.3, -0.25) is 14.5 Å². The Labute approximate surface area is 166 Å². The largest absolute Gasteiger partial charge is 0.329 e. The van der Waals surface area contributed by atoms with Crippen LogP contribution in [-0.2, 0) is 0 Å². The van der Waals surface area contributed by atoms with Gasteiger partial charge in [0, 0.05) is 36.1 Å². The highest BCUT2D eigenvalue weighted by molar-refractivity contribution is 6.25. The van der Waals surface area contributed by atoms with Crippen LogP contribution >= 0.6 is 24.8 Å². The molecule has 3 rings (SSSR count). The lowest BCUT2D eigenvalue weighted by Crippen LogP contribution is -2.40. The van der Waals surface area contributed by atoms with Crippen molar-refractivity contribution >= 4 is 47.4 Å². The van der Waals surface area contributed by atoms with Gasteiger partial charge >= 0.3 is 0 Å². The molecule has 0 bridgehead atoms. The van der Waals surface area contributed by atoms with Gasteiger partial charge in [0.25, 0.3) is 11.8 Å². The first-order valence-electron chi connectivity index (χ1n) is 8.53. The number of carbonyl (C=O) groups excluding carboxylic acids is 2. The van der Waals surface area contributed by atoms with E-state index in [1.165, 1.54) is 4.90 Å². The lowest BCUT2D eigenvalue weighted by atomic mass is 9.94. The third-order valence-electron chi connectivity index (χ3n) is 4.41. The zero-order valence-corrected chi connectivity index (χ0v) is 16.2. The Balaban J connectivity index is 0.00000169. The van der Waals surface area contributed by atoms with E-state index in [2.05, 4.69) is 5.32 Å². The molecular formula is C19H25Cl2N3O2. The number of nitrogens with zero attached hydrogens (tertiary/aromatic N) is 1. The monoisotopic (exact) mass is 397 g/mol. The minimum atomic E-state index is -0.175. The summed E-state index contributed by atoms with van der Waals surface area (Å²) < 4.78 is 0. The quantitative estimate of drug-likeness (QED) is 0.530. The highest BCUT2D eigenvalue weighted by Gasteiger charge is 2.31. The van der Waals surface area contributed by atoms with Gasteiger partial charge in [0.1, 0.15) is 0 Å². The number of imide groups is 1. The second kappa shape index (κ2) is 10.5. The molecule has 0 unspecified atom stereocenters. The summed E-state index contributed by atoms with van der Waals surface area (Å²) in [5.74, 6) is -0.351. The van der Waals surface area contributed by atoms with E-state index in [4.69, 9.17) is 5.73 Å². The van der Waals surface area contributed by atoms with Crippen molar-refractivity contribution in [1.82, 2.24) is 10.2 Å². The highest BCUT2D eigenvalue weighted by Crippen LogP contribution is 2.30. The predicted octanol–water partition coefficient (Wildman–Crippen LogP) is 3.00. The first kappa shape index (κ1) is 22.4. The number of rotatable bonds is 8. The summed E-state index contributed by atoms with van der Waals surface area (Å²) in [6.45, 7) is 2.85. The van der Waals surface area contributed by atoms with E-state index in [9.17, 15) is 9.59 Å². The number of carbonyl (C=O) groups is 2. The molecule has 5 nitrogen and oxygen atoms in total. The zero-order valence-electron chi connectivity index (χ0n) is 14.6. The molecule has 1 heterocycles. The fraction of sp³-hybridized carbons (Fsp3) is 0.368. The number of benzene rings is 2. The summed E-state index contributed by atoms with van der Waals surface area (Å²) >= 11 is 0. The van der Waals surface area contributed by atoms with Gasteiger partial charge in [-0.15, -0.1) is 24.8 Å². The van der Waals surface area contributed by atoms with Gasteiger partial charge in [0.2, 0.25) is 0 Å². The molecule has 2 aromatic carbocycles. The molecule has 0 radical (unpaired) electrons. The van der Waals surface area contributed by atoms with Crippen molar-refractivity contribution in [3.05, 3.63) is 47.5 Å². The van der Waals surface area contributed by atoms with Crippen LogP contribution in [0.3, 0.4) is 0 Å². The third kappa shape index (κ3) is 4.54. The molecule has 26 heavy (non-hydrogen) atoms. The summed E-state index contributed by atoms with van der Waals surface area (Å²) in [7, 11) is 0. The topological polar surface area (TPSA) is 75.4 Å². The van der Waals surface area contributed by atoms with E-state index in [0.717, 1.165) is 43.1 Å². The standard InChI is InChI=1S/C19H23N3O2.2ClH/c20-10-12-21-11-2-1-3-13-22-18(23)15-8-4-6-14-7-5-9-16(17(14)15)19(22)24;;/h4-9,21H,1-3,10-13,20H2;2*1H. The Morgan fingerprint density at radius 2 is 1.46 bits per heavy atom. The third-order valence-corrected chi connectivity index (χ3v) is 4.41. The van der Waals surface area contributed by atoms with Crippen LogP contribution in [0, 0.1) is 0 Å². The van der Waals surface area contributed by atoms with E-state index >= 15 is 0 Å². The van der Waals surface area contributed by atoms with Crippen LogP contribution in [0.4, 0.5) is 0 Å². The van der Waals surface area contributed by atoms with Gasteiger partial charge in [-0.25, -0.2) is 0 Å². The molecule has 0 aromatic heterocycles. The second-order valence-corrected chi connectivity index (χ2v) is 6.07. The molecule has 0 saturated carbocycles. The van der Waals surface area contributed by atoms with E-state index in [0.29, 0.717) is 24.2 Å². The van der Waals surface area contributed by atoms with Gasteiger partial charge in [0.05, 0.1) is 0 Å². The van der Waals surface area contributed by atoms with Crippen LogP contribution in [0.25, 0.3) is 10.8 Å². The molecular weight excluding hydrogens is 373 g/mol. The Bertz CT molecular complexity index is 717. The molecule has 1 aliphatic rings. The average Bonchev–Trinajstić information content (AvgIpc) is 2.61. The van der Waals surface area contributed by atoms with Gasteiger partial charge < -0.3 is 11.1 Å². The van der Waals surface area contributed by atoms with Gasteiger partial charge in [-0.1, -0.05) is 30.7 Å². The molecule has 0 atom stereocenters. The number of hydrogen-bond donors (Lipinski definition) is 2. The molecule has 3 N–H and O–H groups in total. The minimum Gasteiger partial charge on any atom is -0.329 e. The van der Waals surface area contributed by atoms with Gasteiger partial charge in [-0.05, 0) is 36.9 Å². The number of hydrogen-bond acceptors (Lipinski definition) is 4. The summed E-state index contributed by atoms with van der Waals surface area (Å²) in [6.07, 6.45) is 2.81. The number of amides is 2. The molecule has 0 aliphatic carbocycles. The SMILES string of the molecule is Cl.Cl.NCCNCCCCCN1C(=O)c2cccc3cccc(c23)C1=O. The molecule has 142 valence electrons. The smallest absolute Gasteiger partial charge is 0.261 e. The maximum atomic E-state index is 12.7. The fourth-order valence-corrected chi connectivity index (χ4v) is 3.21. The zero-order chi connectivity index (χ0) is 16.9. The first-order chi connectivity index (χ1) is 11.7. The fourth-order valence-electron chi connectivity index (χ4n) is 3.21. The van der Waals surface area contributed by atoms with Crippen LogP contribution in [0.15, 0.2) is 36.4 Å². The van der Waals surface area contributed by atoms with Crippen molar-refractivity contribution in [2.75, 3.05) is 26.2 Å². The van der Waals surface area contributed by atoms with E-state index in [1.54, 1.807) is 0 Å². The van der Waals surface area contributed by atoms with Crippen molar-refractivity contribution in [3.63, 3.8) is 0 Å². The lowest BCUT2D eigenvalue weighted by Gasteiger charge is -2.27. The summed E-state index contributed by atoms with van der Waals surface area (Å²) in [5, 5.41) is 4.98. The van der Waals surface area contributed by atoms with Crippen molar-refractivity contribution in [1.29, 1.82) is 0 Å². The summed E-state index contributed by atoms with van der Waals surface area (Å²) in [4.78, 5) is 26.8. The van der Waals surface area contributed by atoms with Gasteiger partial charge in [0.15, 0.2) is 0 Å². The Hall–Kier alpha value is -1.66. The number of unbranched alkanes of at least 4 members (excludes halogenated alkanes) is 2. The van der Waals surface area contributed by atoms with E-state index in [1.807, 2.05) is 36.4 Å². The van der Waals surface area contributed by atoms with Crippen LogP contribution in [0.1, 0.15) is 40.0 Å². The molecule has 2 aromatic rings. The van der Waals surface area contributed by atoms with Crippen LogP contribution < -0.4 is 11.1 Å². The average molecular weight is 398 g/mol. The maximum absolute atomic E-state index is 12.7. The first-order valence-corrected chi connectivity index (χ1v) is 8.53. The molecule has 7 heteroatoms. The molecule has 1 aliphatic heterocycles. The van der Waals surface area contributed by atoms with Crippen molar-refractivity contribution in [2.45, 2.75) is 19.3 Å².